The number of carbonyl (C=O) groups is 1. The minimum atomic E-state index is -0.553. The van der Waals surface area contributed by atoms with Gasteiger partial charge < -0.3 is 15.4 Å². The number of aromatic amines is 1. The fraction of sp³-hybridized carbons (Fsp3) is 0.706. The standard InChI is InChI=1S/C17H27N3O3/c1-10-13(15(23)20-16(19-10)17(2,3)4)14(22)18-9-12(21)11-7-5-6-8-11/h11-12,21H,5-9H2,1-4H3,(H,18,22)(H,19,20,23). The average molecular weight is 321 g/mol. The number of H-pyrrole nitrogens is 1. The monoisotopic (exact) mass is 321 g/mol. The zero-order chi connectivity index (χ0) is 17.2. The van der Waals surface area contributed by atoms with E-state index in [4.69, 9.17) is 0 Å². The summed E-state index contributed by atoms with van der Waals surface area (Å²) in [5.74, 6) is 0.326. The molecule has 0 aliphatic heterocycles. The first kappa shape index (κ1) is 17.7. The van der Waals surface area contributed by atoms with Crippen LogP contribution in [0.15, 0.2) is 4.79 Å². The van der Waals surface area contributed by atoms with E-state index >= 15 is 0 Å². The minimum Gasteiger partial charge on any atom is -0.391 e. The molecule has 1 aliphatic carbocycles. The zero-order valence-electron chi connectivity index (χ0n) is 14.4. The van der Waals surface area contributed by atoms with E-state index in [1.165, 1.54) is 0 Å². The largest absolute Gasteiger partial charge is 0.391 e. The molecule has 0 radical (unpaired) electrons. The summed E-state index contributed by atoms with van der Waals surface area (Å²) in [4.78, 5) is 31.6. The van der Waals surface area contributed by atoms with Crippen molar-refractivity contribution < 1.29 is 9.90 Å². The topological polar surface area (TPSA) is 95.1 Å². The molecule has 1 aromatic rings. The van der Waals surface area contributed by atoms with E-state index in [0.717, 1.165) is 25.7 Å². The fourth-order valence-electron chi connectivity index (χ4n) is 3.00. The fourth-order valence-corrected chi connectivity index (χ4v) is 3.00. The number of carbonyl (C=O) groups excluding carboxylic acids is 1. The molecule has 3 N–H and O–H groups in total. The van der Waals surface area contributed by atoms with Gasteiger partial charge in [-0.2, -0.15) is 0 Å². The molecule has 6 nitrogen and oxygen atoms in total. The maximum atomic E-state index is 12.3. The van der Waals surface area contributed by atoms with Crippen molar-refractivity contribution in [3.63, 3.8) is 0 Å². The summed E-state index contributed by atoms with van der Waals surface area (Å²) in [7, 11) is 0. The molecule has 1 unspecified atom stereocenters. The lowest BCUT2D eigenvalue weighted by Gasteiger charge is -2.19. The van der Waals surface area contributed by atoms with E-state index < -0.39 is 17.6 Å². The average Bonchev–Trinajstić information content (AvgIpc) is 2.97. The number of amides is 1. The third-order valence-corrected chi connectivity index (χ3v) is 4.45. The summed E-state index contributed by atoms with van der Waals surface area (Å²) in [5.41, 5.74) is -0.296. The molecule has 23 heavy (non-hydrogen) atoms. The Hall–Kier alpha value is -1.69. The first-order valence-electron chi connectivity index (χ1n) is 8.28. The molecule has 0 spiro atoms. The molecule has 0 bridgehead atoms. The quantitative estimate of drug-likeness (QED) is 0.786. The van der Waals surface area contributed by atoms with E-state index in [0.29, 0.717) is 11.5 Å². The van der Waals surface area contributed by atoms with Crippen LogP contribution in [0.25, 0.3) is 0 Å². The minimum absolute atomic E-state index is 0.0246. The number of aliphatic hydroxyl groups is 1. The molecule has 1 fully saturated rings. The number of rotatable bonds is 4. The Balaban J connectivity index is 2.09. The van der Waals surface area contributed by atoms with Crippen LogP contribution in [0.4, 0.5) is 0 Å². The normalized spacial score (nSPS) is 17.3. The van der Waals surface area contributed by atoms with Crippen molar-refractivity contribution in [2.45, 2.75) is 64.9 Å². The van der Waals surface area contributed by atoms with Gasteiger partial charge in [0.05, 0.1) is 11.8 Å². The zero-order valence-corrected chi connectivity index (χ0v) is 14.4. The molecule has 1 aromatic heterocycles. The highest BCUT2D eigenvalue weighted by atomic mass is 16.3. The molecule has 0 aromatic carbocycles. The van der Waals surface area contributed by atoms with Crippen molar-refractivity contribution in [2.75, 3.05) is 6.54 Å². The summed E-state index contributed by atoms with van der Waals surface area (Å²) in [6, 6.07) is 0. The number of aliphatic hydroxyl groups excluding tert-OH is 1. The highest BCUT2D eigenvalue weighted by Crippen LogP contribution is 2.27. The first-order valence-corrected chi connectivity index (χ1v) is 8.28. The van der Waals surface area contributed by atoms with E-state index in [-0.39, 0.29) is 23.4 Å². The van der Waals surface area contributed by atoms with Crippen LogP contribution in [0, 0.1) is 12.8 Å². The van der Waals surface area contributed by atoms with Gasteiger partial charge in [0.2, 0.25) is 0 Å². The molecule has 1 heterocycles. The van der Waals surface area contributed by atoms with Crippen LogP contribution < -0.4 is 10.9 Å². The lowest BCUT2D eigenvalue weighted by molar-refractivity contribution is 0.0838. The highest BCUT2D eigenvalue weighted by Gasteiger charge is 2.25. The van der Waals surface area contributed by atoms with E-state index in [2.05, 4.69) is 15.3 Å². The van der Waals surface area contributed by atoms with Gasteiger partial charge in [0.25, 0.3) is 11.5 Å². The van der Waals surface area contributed by atoms with Crippen LogP contribution in [0.5, 0.6) is 0 Å². The van der Waals surface area contributed by atoms with Gasteiger partial charge in [-0.05, 0) is 25.7 Å². The molecule has 1 aliphatic rings. The summed E-state index contributed by atoms with van der Waals surface area (Å²) in [5, 5.41) is 12.8. The van der Waals surface area contributed by atoms with Crippen molar-refractivity contribution in [1.82, 2.24) is 15.3 Å². The molecule has 1 atom stereocenters. The van der Waals surface area contributed by atoms with Gasteiger partial charge in [-0.25, -0.2) is 4.98 Å². The number of aromatic nitrogens is 2. The predicted molar refractivity (Wildman–Crippen MR) is 88.6 cm³/mol. The maximum absolute atomic E-state index is 12.3. The molecule has 128 valence electrons. The summed E-state index contributed by atoms with van der Waals surface area (Å²) in [6.07, 6.45) is 3.71. The lowest BCUT2D eigenvalue weighted by atomic mass is 9.95. The Kier molecular flexibility index (Phi) is 5.24. The molecule has 6 heteroatoms. The van der Waals surface area contributed by atoms with Gasteiger partial charge in [0.1, 0.15) is 11.4 Å². The van der Waals surface area contributed by atoms with E-state index in [1.54, 1.807) is 6.92 Å². The second kappa shape index (κ2) is 6.83. The Morgan fingerprint density at radius 1 is 1.39 bits per heavy atom. The van der Waals surface area contributed by atoms with Gasteiger partial charge >= 0.3 is 0 Å². The van der Waals surface area contributed by atoms with Gasteiger partial charge in [-0.3, -0.25) is 9.59 Å². The number of hydrogen-bond donors (Lipinski definition) is 3. The van der Waals surface area contributed by atoms with Crippen LogP contribution in [-0.4, -0.2) is 33.6 Å². The third kappa shape index (κ3) is 4.19. The second-order valence-corrected chi connectivity index (χ2v) is 7.45. The lowest BCUT2D eigenvalue weighted by Crippen LogP contribution is -2.39. The number of aryl methyl sites for hydroxylation is 1. The number of nitrogens with zero attached hydrogens (tertiary/aromatic N) is 1. The van der Waals surface area contributed by atoms with Crippen molar-refractivity contribution in [3.8, 4) is 0 Å². The maximum Gasteiger partial charge on any atom is 0.264 e. The second-order valence-electron chi connectivity index (χ2n) is 7.45. The van der Waals surface area contributed by atoms with E-state index in [1.807, 2.05) is 20.8 Å². The summed E-state index contributed by atoms with van der Waals surface area (Å²) in [6.45, 7) is 7.67. The third-order valence-electron chi connectivity index (χ3n) is 4.45. The van der Waals surface area contributed by atoms with Crippen molar-refractivity contribution in [2.24, 2.45) is 5.92 Å². The van der Waals surface area contributed by atoms with Crippen LogP contribution in [-0.2, 0) is 5.41 Å². The highest BCUT2D eigenvalue weighted by molar-refractivity contribution is 5.94. The van der Waals surface area contributed by atoms with Gasteiger partial charge in [0, 0.05) is 12.0 Å². The van der Waals surface area contributed by atoms with Crippen molar-refractivity contribution in [1.29, 1.82) is 0 Å². The SMILES string of the molecule is Cc1nc(C(C)(C)C)[nH]c(=O)c1C(=O)NCC(O)C1CCCC1. The van der Waals surface area contributed by atoms with Gasteiger partial charge in [0.15, 0.2) is 0 Å². The Labute approximate surface area is 136 Å². The van der Waals surface area contributed by atoms with Gasteiger partial charge in [-0.1, -0.05) is 33.6 Å². The Bertz CT molecular complexity index is 625. The molecule has 1 saturated carbocycles. The van der Waals surface area contributed by atoms with Gasteiger partial charge in [-0.15, -0.1) is 0 Å². The predicted octanol–water partition coefficient (Wildman–Crippen LogP) is 1.66. The molecular formula is C17H27N3O3. The van der Waals surface area contributed by atoms with Crippen LogP contribution in [0.3, 0.4) is 0 Å². The first-order chi connectivity index (χ1) is 10.7. The summed E-state index contributed by atoms with van der Waals surface area (Å²) >= 11 is 0. The Morgan fingerprint density at radius 3 is 2.52 bits per heavy atom. The summed E-state index contributed by atoms with van der Waals surface area (Å²) < 4.78 is 0. The molecule has 2 rings (SSSR count). The molecular weight excluding hydrogens is 294 g/mol. The van der Waals surface area contributed by atoms with Crippen molar-refractivity contribution in [3.05, 3.63) is 27.4 Å². The molecule has 0 saturated heterocycles. The Morgan fingerprint density at radius 2 is 2.00 bits per heavy atom. The number of nitrogens with one attached hydrogen (secondary N) is 2. The number of hydrogen-bond acceptors (Lipinski definition) is 4. The molecule has 1 amide bonds. The smallest absolute Gasteiger partial charge is 0.264 e. The van der Waals surface area contributed by atoms with Crippen LogP contribution in [0.1, 0.15) is 68.3 Å². The van der Waals surface area contributed by atoms with E-state index in [9.17, 15) is 14.7 Å². The van der Waals surface area contributed by atoms with Crippen LogP contribution in [0.2, 0.25) is 0 Å². The van der Waals surface area contributed by atoms with Crippen molar-refractivity contribution >= 4 is 5.91 Å². The van der Waals surface area contributed by atoms with Crippen LogP contribution >= 0.6 is 0 Å².